The van der Waals surface area contributed by atoms with Crippen molar-refractivity contribution in [3.63, 3.8) is 0 Å². The van der Waals surface area contributed by atoms with E-state index in [1.54, 1.807) is 0 Å². The fraction of sp³-hybridized carbons (Fsp3) is 0.706. The molecule has 1 saturated heterocycles. The highest BCUT2D eigenvalue weighted by molar-refractivity contribution is 6.31. The minimum Gasteiger partial charge on any atom is -0.357 e. The van der Waals surface area contributed by atoms with Crippen LogP contribution in [0.15, 0.2) is 12.3 Å². The quantitative estimate of drug-likeness (QED) is 0.895. The fourth-order valence-corrected chi connectivity index (χ4v) is 3.28. The normalized spacial score (nSPS) is 20.3. The van der Waals surface area contributed by atoms with Crippen LogP contribution in [0.25, 0.3) is 0 Å². The van der Waals surface area contributed by atoms with E-state index < -0.39 is 0 Å². The van der Waals surface area contributed by atoms with Crippen LogP contribution in [0.2, 0.25) is 5.02 Å². The molecule has 0 aromatic carbocycles. The summed E-state index contributed by atoms with van der Waals surface area (Å²) in [4.78, 5) is 6.95. The van der Waals surface area contributed by atoms with Gasteiger partial charge < -0.3 is 10.2 Å². The van der Waals surface area contributed by atoms with Crippen molar-refractivity contribution < 1.29 is 0 Å². The van der Waals surface area contributed by atoms with E-state index in [-0.39, 0.29) is 0 Å². The van der Waals surface area contributed by atoms with Crippen LogP contribution in [0.5, 0.6) is 0 Å². The number of nitrogens with one attached hydrogen (secondary N) is 1. The summed E-state index contributed by atoms with van der Waals surface area (Å²) in [6.07, 6.45) is 6.97. The van der Waals surface area contributed by atoms with Gasteiger partial charge in [-0.3, -0.25) is 0 Å². The first-order valence-electron chi connectivity index (χ1n) is 8.26. The van der Waals surface area contributed by atoms with Gasteiger partial charge in [0.25, 0.3) is 0 Å². The van der Waals surface area contributed by atoms with E-state index in [9.17, 15) is 0 Å². The van der Waals surface area contributed by atoms with Gasteiger partial charge in [0.15, 0.2) is 0 Å². The lowest BCUT2D eigenvalue weighted by Gasteiger charge is -2.34. The summed E-state index contributed by atoms with van der Waals surface area (Å²) in [5.41, 5.74) is 1.18. The van der Waals surface area contributed by atoms with Crippen LogP contribution >= 0.6 is 11.6 Å². The third-order valence-electron chi connectivity index (χ3n) is 4.89. The molecule has 1 aliphatic carbocycles. The molecular formula is C17H26ClN3. The molecule has 0 spiro atoms. The molecule has 3 rings (SSSR count). The Bertz CT molecular complexity index is 477. The predicted molar refractivity (Wildman–Crippen MR) is 88.9 cm³/mol. The van der Waals surface area contributed by atoms with Crippen molar-refractivity contribution >= 4 is 17.4 Å². The number of halogens is 1. The molecule has 4 heteroatoms. The average molecular weight is 308 g/mol. The molecule has 2 aliphatic rings. The number of hydrogen-bond acceptors (Lipinski definition) is 3. The van der Waals surface area contributed by atoms with Crippen LogP contribution in [-0.2, 0) is 6.54 Å². The van der Waals surface area contributed by atoms with E-state index in [2.05, 4.69) is 35.1 Å². The van der Waals surface area contributed by atoms with Gasteiger partial charge in [-0.25, -0.2) is 4.98 Å². The van der Waals surface area contributed by atoms with E-state index in [1.165, 1.54) is 31.2 Å². The fourth-order valence-electron chi connectivity index (χ4n) is 3.11. The maximum Gasteiger partial charge on any atom is 0.128 e. The zero-order valence-electron chi connectivity index (χ0n) is 13.1. The van der Waals surface area contributed by atoms with Gasteiger partial charge in [0.1, 0.15) is 5.82 Å². The number of piperidine rings is 1. The van der Waals surface area contributed by atoms with Gasteiger partial charge in [0.05, 0.1) is 5.02 Å². The number of rotatable bonds is 5. The van der Waals surface area contributed by atoms with Gasteiger partial charge in [-0.05, 0) is 49.1 Å². The van der Waals surface area contributed by atoms with Crippen LogP contribution in [0.4, 0.5) is 5.82 Å². The van der Waals surface area contributed by atoms with Gasteiger partial charge in [-0.2, -0.15) is 0 Å². The Hall–Kier alpha value is -0.800. The number of nitrogens with zero attached hydrogens (tertiary/aromatic N) is 2. The van der Waals surface area contributed by atoms with Crippen molar-refractivity contribution in [1.82, 2.24) is 10.3 Å². The summed E-state index contributed by atoms with van der Waals surface area (Å²) < 4.78 is 0. The van der Waals surface area contributed by atoms with Crippen molar-refractivity contribution in [2.24, 2.45) is 11.8 Å². The summed E-state index contributed by atoms with van der Waals surface area (Å²) >= 11 is 6.28. The second-order valence-electron chi connectivity index (χ2n) is 6.86. The summed E-state index contributed by atoms with van der Waals surface area (Å²) in [7, 11) is 0. The standard InChI is InChI=1S/C17H26ClN3/c1-12(2)13-5-7-21(8-6-13)17-9-14(16(18)11-20-17)10-19-15-3-4-15/h9,11-13,15,19H,3-8,10H2,1-2H3. The molecule has 2 fully saturated rings. The Morgan fingerprint density at radius 3 is 2.62 bits per heavy atom. The van der Waals surface area contributed by atoms with Crippen LogP contribution in [0.3, 0.4) is 0 Å². The largest absolute Gasteiger partial charge is 0.357 e. The summed E-state index contributed by atoms with van der Waals surface area (Å²) in [6.45, 7) is 7.77. The van der Waals surface area contributed by atoms with Crippen LogP contribution in [0, 0.1) is 11.8 Å². The van der Waals surface area contributed by atoms with Crippen LogP contribution in [0.1, 0.15) is 45.1 Å². The van der Waals surface area contributed by atoms with E-state index in [0.29, 0.717) is 6.04 Å². The molecule has 0 radical (unpaired) electrons. The molecular weight excluding hydrogens is 282 g/mol. The molecule has 1 saturated carbocycles. The minimum atomic E-state index is 0.708. The highest BCUT2D eigenvalue weighted by atomic mass is 35.5. The van der Waals surface area contributed by atoms with Crippen molar-refractivity contribution in [3.8, 4) is 0 Å². The highest BCUT2D eigenvalue weighted by Crippen LogP contribution is 2.29. The molecule has 0 amide bonds. The maximum absolute atomic E-state index is 6.28. The molecule has 1 aromatic rings. The second-order valence-corrected chi connectivity index (χ2v) is 7.26. The minimum absolute atomic E-state index is 0.708. The van der Waals surface area contributed by atoms with Crippen molar-refractivity contribution in [3.05, 3.63) is 22.8 Å². The number of hydrogen-bond donors (Lipinski definition) is 1. The molecule has 0 atom stereocenters. The van der Waals surface area contributed by atoms with Gasteiger partial charge in [0, 0.05) is 31.9 Å². The molecule has 2 heterocycles. The first-order chi connectivity index (χ1) is 10.1. The molecule has 0 unspecified atom stereocenters. The zero-order chi connectivity index (χ0) is 14.8. The van der Waals surface area contributed by atoms with Crippen molar-refractivity contribution in [2.45, 2.75) is 52.1 Å². The summed E-state index contributed by atoms with van der Waals surface area (Å²) in [5.74, 6) is 2.75. The van der Waals surface area contributed by atoms with Gasteiger partial charge in [-0.15, -0.1) is 0 Å². The lowest BCUT2D eigenvalue weighted by Crippen LogP contribution is -2.35. The first-order valence-corrected chi connectivity index (χ1v) is 8.64. The Kier molecular flexibility index (Phi) is 4.70. The van der Waals surface area contributed by atoms with E-state index in [0.717, 1.165) is 42.3 Å². The molecule has 3 nitrogen and oxygen atoms in total. The summed E-state index contributed by atoms with van der Waals surface area (Å²) in [5, 5.41) is 4.32. The zero-order valence-corrected chi connectivity index (χ0v) is 13.9. The van der Waals surface area contributed by atoms with Crippen LogP contribution < -0.4 is 10.2 Å². The van der Waals surface area contributed by atoms with Gasteiger partial charge in [-0.1, -0.05) is 25.4 Å². The molecule has 1 N–H and O–H groups in total. The summed E-state index contributed by atoms with van der Waals surface area (Å²) in [6, 6.07) is 2.88. The van der Waals surface area contributed by atoms with Crippen molar-refractivity contribution in [2.75, 3.05) is 18.0 Å². The number of anilines is 1. The van der Waals surface area contributed by atoms with Gasteiger partial charge >= 0.3 is 0 Å². The molecule has 1 aliphatic heterocycles. The Balaban J connectivity index is 1.63. The lowest BCUT2D eigenvalue weighted by atomic mass is 9.87. The van der Waals surface area contributed by atoms with Gasteiger partial charge in [0.2, 0.25) is 0 Å². The SMILES string of the molecule is CC(C)C1CCN(c2cc(CNC3CC3)c(Cl)cn2)CC1. The maximum atomic E-state index is 6.28. The molecule has 0 bridgehead atoms. The number of aromatic nitrogens is 1. The van der Waals surface area contributed by atoms with E-state index >= 15 is 0 Å². The Morgan fingerprint density at radius 2 is 2.00 bits per heavy atom. The van der Waals surface area contributed by atoms with E-state index in [4.69, 9.17) is 11.6 Å². The topological polar surface area (TPSA) is 28.2 Å². The lowest BCUT2D eigenvalue weighted by molar-refractivity contribution is 0.310. The predicted octanol–water partition coefficient (Wildman–Crippen LogP) is 3.86. The van der Waals surface area contributed by atoms with Crippen molar-refractivity contribution in [1.29, 1.82) is 0 Å². The first kappa shape index (κ1) is 15.1. The Morgan fingerprint density at radius 1 is 1.29 bits per heavy atom. The third kappa shape index (κ3) is 3.89. The highest BCUT2D eigenvalue weighted by Gasteiger charge is 2.23. The molecule has 1 aromatic heterocycles. The smallest absolute Gasteiger partial charge is 0.128 e. The molecule has 21 heavy (non-hydrogen) atoms. The van der Waals surface area contributed by atoms with E-state index in [1.807, 2.05) is 6.20 Å². The average Bonchev–Trinajstić information content (AvgIpc) is 3.31. The Labute approximate surface area is 133 Å². The van der Waals surface area contributed by atoms with Crippen LogP contribution in [-0.4, -0.2) is 24.1 Å². The number of pyridine rings is 1. The molecule has 116 valence electrons. The monoisotopic (exact) mass is 307 g/mol. The second kappa shape index (κ2) is 6.53. The third-order valence-corrected chi connectivity index (χ3v) is 5.23.